The highest BCUT2D eigenvalue weighted by Crippen LogP contribution is 2.35. The van der Waals surface area contributed by atoms with Crippen LogP contribution in [-0.2, 0) is 6.54 Å². The van der Waals surface area contributed by atoms with E-state index in [0.717, 1.165) is 11.3 Å². The molecule has 2 aromatic rings. The smallest absolute Gasteiger partial charge is 0.164 e. The molecular formula is C15H17ClN2O3. The lowest BCUT2D eigenvalue weighted by Gasteiger charge is -2.15. The Morgan fingerprint density at radius 3 is 2.33 bits per heavy atom. The molecule has 0 aliphatic rings. The highest BCUT2D eigenvalue weighted by atomic mass is 35.5. The van der Waals surface area contributed by atoms with Gasteiger partial charge in [-0.25, -0.2) is 4.98 Å². The Balaban J connectivity index is 2.25. The fraction of sp³-hybridized carbons (Fsp3) is 0.267. The number of halogens is 1. The van der Waals surface area contributed by atoms with Crippen LogP contribution in [0.15, 0.2) is 30.5 Å². The summed E-state index contributed by atoms with van der Waals surface area (Å²) in [5.41, 5.74) is 1.69. The number of hydrogen-bond donors (Lipinski definition) is 1. The van der Waals surface area contributed by atoms with E-state index in [0.29, 0.717) is 28.9 Å². The molecule has 0 saturated carbocycles. The largest absolute Gasteiger partial charge is 0.496 e. The number of anilines is 1. The molecule has 0 aliphatic carbocycles. The van der Waals surface area contributed by atoms with Crippen molar-refractivity contribution in [3.05, 3.63) is 41.2 Å². The molecule has 0 unspecified atom stereocenters. The molecule has 0 bridgehead atoms. The second-order valence-corrected chi connectivity index (χ2v) is 4.57. The van der Waals surface area contributed by atoms with Crippen LogP contribution < -0.4 is 19.5 Å². The SMILES string of the molecule is COc1cc(OC)c(OC)cc1CNc1cccnc1Cl. The van der Waals surface area contributed by atoms with Crippen LogP contribution in [0.5, 0.6) is 17.2 Å². The molecule has 1 aromatic carbocycles. The van der Waals surface area contributed by atoms with Gasteiger partial charge in [0, 0.05) is 24.4 Å². The van der Waals surface area contributed by atoms with E-state index >= 15 is 0 Å². The van der Waals surface area contributed by atoms with Gasteiger partial charge in [0.1, 0.15) is 5.75 Å². The van der Waals surface area contributed by atoms with Crippen molar-refractivity contribution in [2.45, 2.75) is 6.54 Å². The Kier molecular flexibility index (Phi) is 5.11. The van der Waals surface area contributed by atoms with Crippen molar-refractivity contribution in [1.29, 1.82) is 0 Å². The first-order valence-corrected chi connectivity index (χ1v) is 6.70. The Bertz CT molecular complexity index is 620. The number of nitrogens with zero attached hydrogens (tertiary/aromatic N) is 1. The van der Waals surface area contributed by atoms with Gasteiger partial charge in [-0.2, -0.15) is 0 Å². The van der Waals surface area contributed by atoms with Crippen molar-refractivity contribution in [2.24, 2.45) is 0 Å². The molecule has 1 heterocycles. The van der Waals surface area contributed by atoms with Crippen LogP contribution in [0.2, 0.25) is 5.15 Å². The molecule has 5 nitrogen and oxygen atoms in total. The first kappa shape index (κ1) is 15.3. The normalized spacial score (nSPS) is 10.1. The van der Waals surface area contributed by atoms with E-state index in [1.807, 2.05) is 18.2 Å². The quantitative estimate of drug-likeness (QED) is 0.829. The second kappa shape index (κ2) is 7.04. The molecule has 1 N–H and O–H groups in total. The molecule has 112 valence electrons. The molecule has 0 saturated heterocycles. The Labute approximate surface area is 128 Å². The highest BCUT2D eigenvalue weighted by Gasteiger charge is 2.12. The number of aromatic nitrogens is 1. The summed E-state index contributed by atoms with van der Waals surface area (Å²) in [5.74, 6) is 1.98. The van der Waals surface area contributed by atoms with Gasteiger partial charge >= 0.3 is 0 Å². The Hall–Kier alpha value is -2.14. The van der Waals surface area contributed by atoms with Crippen molar-refractivity contribution in [1.82, 2.24) is 4.98 Å². The lowest BCUT2D eigenvalue weighted by Crippen LogP contribution is -2.04. The molecule has 0 radical (unpaired) electrons. The van der Waals surface area contributed by atoms with Crippen LogP contribution in [0.4, 0.5) is 5.69 Å². The van der Waals surface area contributed by atoms with Gasteiger partial charge in [0.05, 0.1) is 27.0 Å². The van der Waals surface area contributed by atoms with Crippen LogP contribution in [0, 0.1) is 0 Å². The zero-order chi connectivity index (χ0) is 15.2. The summed E-state index contributed by atoms with van der Waals surface area (Å²) in [6.07, 6.45) is 1.64. The summed E-state index contributed by atoms with van der Waals surface area (Å²) in [6, 6.07) is 7.35. The molecule has 0 atom stereocenters. The minimum atomic E-state index is 0.428. The maximum absolute atomic E-state index is 6.02. The summed E-state index contributed by atoms with van der Waals surface area (Å²) < 4.78 is 15.9. The number of methoxy groups -OCH3 is 3. The monoisotopic (exact) mass is 308 g/mol. The van der Waals surface area contributed by atoms with Crippen LogP contribution in [0.1, 0.15) is 5.56 Å². The van der Waals surface area contributed by atoms with E-state index in [4.69, 9.17) is 25.8 Å². The number of pyridine rings is 1. The molecule has 21 heavy (non-hydrogen) atoms. The van der Waals surface area contributed by atoms with Gasteiger partial charge in [-0.05, 0) is 18.2 Å². The number of nitrogens with one attached hydrogen (secondary N) is 1. The highest BCUT2D eigenvalue weighted by molar-refractivity contribution is 6.31. The van der Waals surface area contributed by atoms with E-state index in [1.165, 1.54) is 0 Å². The number of hydrogen-bond acceptors (Lipinski definition) is 5. The molecule has 0 spiro atoms. The topological polar surface area (TPSA) is 52.6 Å². The van der Waals surface area contributed by atoms with Gasteiger partial charge in [0.25, 0.3) is 0 Å². The minimum Gasteiger partial charge on any atom is -0.496 e. The van der Waals surface area contributed by atoms with Gasteiger partial charge in [-0.3, -0.25) is 0 Å². The molecule has 0 amide bonds. The average Bonchev–Trinajstić information content (AvgIpc) is 2.53. The molecule has 2 rings (SSSR count). The zero-order valence-electron chi connectivity index (χ0n) is 12.1. The van der Waals surface area contributed by atoms with Crippen molar-refractivity contribution >= 4 is 17.3 Å². The van der Waals surface area contributed by atoms with E-state index in [1.54, 1.807) is 33.6 Å². The average molecular weight is 309 g/mol. The third-order valence-electron chi connectivity index (χ3n) is 3.01. The first-order valence-electron chi connectivity index (χ1n) is 6.33. The Morgan fingerprint density at radius 2 is 1.71 bits per heavy atom. The molecule has 6 heteroatoms. The lowest BCUT2D eigenvalue weighted by atomic mass is 10.1. The third kappa shape index (κ3) is 3.49. The fourth-order valence-corrected chi connectivity index (χ4v) is 2.13. The summed E-state index contributed by atoms with van der Waals surface area (Å²) in [5, 5.41) is 3.65. The minimum absolute atomic E-state index is 0.428. The van der Waals surface area contributed by atoms with E-state index < -0.39 is 0 Å². The van der Waals surface area contributed by atoms with Crippen molar-refractivity contribution in [2.75, 3.05) is 26.6 Å². The molecular weight excluding hydrogens is 292 g/mol. The maximum atomic E-state index is 6.02. The summed E-state index contributed by atoms with van der Waals surface area (Å²) >= 11 is 6.02. The van der Waals surface area contributed by atoms with Gasteiger partial charge in [-0.15, -0.1) is 0 Å². The van der Waals surface area contributed by atoms with Crippen LogP contribution in [0.3, 0.4) is 0 Å². The fourth-order valence-electron chi connectivity index (χ4n) is 1.94. The van der Waals surface area contributed by atoms with Gasteiger partial charge in [-0.1, -0.05) is 11.6 Å². The summed E-state index contributed by atoms with van der Waals surface area (Å²) in [4.78, 5) is 4.02. The number of ether oxygens (including phenoxy) is 3. The van der Waals surface area contributed by atoms with Gasteiger partial charge < -0.3 is 19.5 Å². The standard InChI is InChI=1S/C15H17ClN2O3/c1-19-12-8-14(21-3)13(20-2)7-10(12)9-18-11-5-4-6-17-15(11)16/h4-8,18H,9H2,1-3H3. The number of rotatable bonds is 6. The van der Waals surface area contributed by atoms with Crippen molar-refractivity contribution in [3.63, 3.8) is 0 Å². The van der Waals surface area contributed by atoms with Crippen molar-refractivity contribution in [3.8, 4) is 17.2 Å². The second-order valence-electron chi connectivity index (χ2n) is 4.21. The van der Waals surface area contributed by atoms with Gasteiger partial charge in [0.2, 0.25) is 0 Å². The molecule has 0 fully saturated rings. The summed E-state index contributed by atoms with van der Waals surface area (Å²) in [7, 11) is 4.80. The van der Waals surface area contributed by atoms with E-state index in [2.05, 4.69) is 10.3 Å². The van der Waals surface area contributed by atoms with Crippen LogP contribution in [-0.4, -0.2) is 26.3 Å². The van der Waals surface area contributed by atoms with E-state index in [-0.39, 0.29) is 0 Å². The zero-order valence-corrected chi connectivity index (χ0v) is 12.9. The predicted octanol–water partition coefficient (Wildman–Crippen LogP) is 3.37. The third-order valence-corrected chi connectivity index (χ3v) is 3.32. The lowest BCUT2D eigenvalue weighted by molar-refractivity contribution is 0.347. The van der Waals surface area contributed by atoms with Gasteiger partial charge in [0.15, 0.2) is 16.7 Å². The summed E-state index contributed by atoms with van der Waals surface area (Å²) in [6.45, 7) is 0.523. The Morgan fingerprint density at radius 1 is 1.05 bits per heavy atom. The van der Waals surface area contributed by atoms with Crippen LogP contribution in [0.25, 0.3) is 0 Å². The van der Waals surface area contributed by atoms with E-state index in [9.17, 15) is 0 Å². The first-order chi connectivity index (χ1) is 10.2. The molecule has 1 aromatic heterocycles. The van der Waals surface area contributed by atoms with Crippen LogP contribution >= 0.6 is 11.6 Å². The maximum Gasteiger partial charge on any atom is 0.164 e. The predicted molar refractivity (Wildman–Crippen MR) is 82.7 cm³/mol. The number of benzene rings is 1. The van der Waals surface area contributed by atoms with Crippen molar-refractivity contribution < 1.29 is 14.2 Å². The molecule has 0 aliphatic heterocycles.